The Kier molecular flexibility index (Phi) is 3.02. The molecular formula is C13H13BN4O2. The van der Waals surface area contributed by atoms with Crippen molar-refractivity contribution in [3.8, 4) is 0 Å². The first kappa shape index (κ1) is 12.5. The summed E-state index contributed by atoms with van der Waals surface area (Å²) in [6.45, 7) is 1.47. The number of anilines is 2. The third-order valence-corrected chi connectivity index (χ3v) is 3.11. The minimum absolute atomic E-state index is 0.172. The zero-order valence-corrected chi connectivity index (χ0v) is 11.0. The van der Waals surface area contributed by atoms with Gasteiger partial charge in [-0.1, -0.05) is 0 Å². The average molecular weight is 268 g/mol. The molecule has 20 heavy (non-hydrogen) atoms. The van der Waals surface area contributed by atoms with E-state index in [1.165, 1.54) is 6.91 Å². The van der Waals surface area contributed by atoms with Crippen LogP contribution in [0.1, 0.15) is 5.56 Å². The van der Waals surface area contributed by atoms with Crippen molar-refractivity contribution in [1.29, 1.82) is 0 Å². The zero-order chi connectivity index (χ0) is 14.1. The molecule has 0 aliphatic heterocycles. The summed E-state index contributed by atoms with van der Waals surface area (Å²) in [5, 5.41) is 7.27. The topological polar surface area (TPSA) is 86.1 Å². The summed E-state index contributed by atoms with van der Waals surface area (Å²) in [5.41, 5.74) is 7.69. The van der Waals surface area contributed by atoms with Crippen LogP contribution in [0.5, 0.6) is 0 Å². The number of nitrogens with two attached hydrogens (primary N) is 1. The fourth-order valence-electron chi connectivity index (χ4n) is 2.13. The Labute approximate surface area is 115 Å². The molecule has 0 saturated heterocycles. The number of hydrogen-bond donors (Lipinski definition) is 2. The molecule has 3 rings (SSSR count). The van der Waals surface area contributed by atoms with Crippen LogP contribution in [-0.4, -0.2) is 22.5 Å². The Hall–Kier alpha value is -2.57. The number of amides is 1. The third-order valence-electron chi connectivity index (χ3n) is 3.11. The van der Waals surface area contributed by atoms with Crippen molar-refractivity contribution in [3.63, 3.8) is 0 Å². The first-order valence-corrected chi connectivity index (χ1v) is 6.18. The average Bonchev–Trinajstić information content (AvgIpc) is 2.97. The molecule has 0 bridgehead atoms. The van der Waals surface area contributed by atoms with E-state index in [1.807, 2.05) is 42.1 Å². The molecule has 0 spiro atoms. The zero-order valence-electron chi connectivity index (χ0n) is 11.0. The number of fused-ring (bicyclic) bond motifs is 1. The van der Waals surface area contributed by atoms with Gasteiger partial charge in [-0.2, -0.15) is 0 Å². The second-order valence-corrected chi connectivity index (χ2v) is 4.66. The van der Waals surface area contributed by atoms with E-state index in [9.17, 15) is 4.79 Å². The van der Waals surface area contributed by atoms with Crippen LogP contribution in [0.4, 0.5) is 11.5 Å². The number of nitrogens with zero attached hydrogens (tertiary/aromatic N) is 2. The molecule has 0 saturated carbocycles. The van der Waals surface area contributed by atoms with E-state index in [0.717, 1.165) is 16.5 Å². The summed E-state index contributed by atoms with van der Waals surface area (Å²) < 4.78 is 6.86. The van der Waals surface area contributed by atoms with E-state index < -0.39 is 0 Å². The van der Waals surface area contributed by atoms with E-state index in [1.54, 1.807) is 0 Å². The minimum atomic E-state index is -0.172. The van der Waals surface area contributed by atoms with Crippen molar-refractivity contribution in [2.75, 3.05) is 11.1 Å². The number of carbonyl (C=O) groups excluding carboxylic acids is 1. The molecule has 1 amide bonds. The molecule has 0 radical (unpaired) electrons. The number of nitrogen functional groups attached to an aromatic ring is 1. The molecule has 0 aliphatic rings. The Morgan fingerprint density at radius 1 is 1.50 bits per heavy atom. The fraction of sp³-hybridized carbons (Fsp3) is 0.154. The van der Waals surface area contributed by atoms with Crippen LogP contribution in [0.2, 0.25) is 0 Å². The maximum absolute atomic E-state index is 11.9. The van der Waals surface area contributed by atoms with Crippen LogP contribution in [0.3, 0.4) is 0 Å². The quantitative estimate of drug-likeness (QED) is 0.748. The molecule has 2 aromatic heterocycles. The molecule has 0 unspecified atom stereocenters. The van der Waals surface area contributed by atoms with Crippen LogP contribution in [-0.2, 0) is 18.3 Å². The van der Waals surface area contributed by atoms with Gasteiger partial charge in [0.05, 0.1) is 0 Å². The van der Waals surface area contributed by atoms with Crippen LogP contribution >= 0.6 is 0 Å². The van der Waals surface area contributed by atoms with Gasteiger partial charge in [0.2, 0.25) is 0 Å². The monoisotopic (exact) mass is 268 g/mol. The second kappa shape index (κ2) is 4.84. The van der Waals surface area contributed by atoms with Gasteiger partial charge in [0, 0.05) is 0 Å². The normalized spacial score (nSPS) is 10.7. The molecule has 0 aliphatic carbocycles. The van der Waals surface area contributed by atoms with Crippen molar-refractivity contribution in [1.82, 2.24) is 9.72 Å². The van der Waals surface area contributed by atoms with Crippen molar-refractivity contribution in [2.45, 2.75) is 6.42 Å². The first-order valence-electron chi connectivity index (χ1n) is 6.18. The number of aryl methyl sites for hydroxylation is 1. The van der Waals surface area contributed by atoms with Crippen molar-refractivity contribution >= 4 is 35.2 Å². The Morgan fingerprint density at radius 3 is 3.10 bits per heavy atom. The summed E-state index contributed by atoms with van der Waals surface area (Å²) in [6.07, 6.45) is 2.26. The van der Waals surface area contributed by atoms with E-state index in [2.05, 4.69) is 10.5 Å². The van der Waals surface area contributed by atoms with Gasteiger partial charge in [-0.05, 0) is 0 Å². The van der Waals surface area contributed by atoms with Gasteiger partial charge in [0.1, 0.15) is 0 Å². The Bertz CT molecular complexity index is 778. The molecule has 7 heteroatoms. The summed E-state index contributed by atoms with van der Waals surface area (Å²) in [6, 6.07) is 7.99. The predicted molar refractivity (Wildman–Crippen MR) is 77.5 cm³/mol. The van der Waals surface area contributed by atoms with E-state index in [4.69, 9.17) is 10.3 Å². The van der Waals surface area contributed by atoms with Gasteiger partial charge in [0.15, 0.2) is 0 Å². The number of benzene rings is 1. The van der Waals surface area contributed by atoms with Gasteiger partial charge in [-0.15, -0.1) is 0 Å². The van der Waals surface area contributed by atoms with Crippen molar-refractivity contribution < 1.29 is 9.32 Å². The number of aromatic nitrogens is 2. The molecule has 0 fully saturated rings. The molecule has 100 valence electrons. The van der Waals surface area contributed by atoms with Gasteiger partial charge >= 0.3 is 115 Å². The SMILES string of the molecule is Cn1ccc2ccc(CC(=O)Nc3bc(N)no3)cc21. The molecular weight excluding hydrogens is 255 g/mol. The molecule has 0 atom stereocenters. The summed E-state index contributed by atoms with van der Waals surface area (Å²) in [4.78, 5) is 11.9. The second-order valence-electron chi connectivity index (χ2n) is 4.66. The molecule has 3 N–H and O–H groups in total. The number of rotatable bonds is 3. The number of nitrogens with one attached hydrogen (secondary N) is 1. The maximum atomic E-state index is 11.9. The summed E-state index contributed by atoms with van der Waals surface area (Å²) in [7, 11) is 1.98. The standard InChI is InChI=1S/C13H13BN4O2/c1-18-5-4-9-3-2-8(6-10(9)18)7-11(19)16-13-14-12(15)17-20-13/h2-6H,7H2,1H3,(H2,15,17)(H,16,19). The Balaban J connectivity index is 1.75. The molecule has 3 aromatic rings. The van der Waals surface area contributed by atoms with Crippen molar-refractivity contribution in [2.24, 2.45) is 7.05 Å². The van der Waals surface area contributed by atoms with Crippen molar-refractivity contribution in [3.05, 3.63) is 36.0 Å². The van der Waals surface area contributed by atoms with Crippen LogP contribution in [0.25, 0.3) is 10.9 Å². The number of carbonyl (C=O) groups is 1. The first-order chi connectivity index (χ1) is 9.61. The van der Waals surface area contributed by atoms with Gasteiger partial charge in [-0.3, -0.25) is 0 Å². The van der Waals surface area contributed by atoms with Gasteiger partial charge in [0.25, 0.3) is 0 Å². The summed E-state index contributed by atoms with van der Waals surface area (Å²) >= 11 is 0. The van der Waals surface area contributed by atoms with Gasteiger partial charge in [-0.25, -0.2) is 0 Å². The van der Waals surface area contributed by atoms with Crippen LogP contribution in [0, 0.1) is 0 Å². The van der Waals surface area contributed by atoms with E-state index in [-0.39, 0.29) is 23.8 Å². The Morgan fingerprint density at radius 2 is 2.35 bits per heavy atom. The number of hydrogen-bond acceptors (Lipinski definition) is 4. The van der Waals surface area contributed by atoms with Crippen LogP contribution in [0.15, 0.2) is 35.0 Å². The predicted octanol–water partition coefficient (Wildman–Crippen LogP) is 1.27. The molecule has 2 heterocycles. The van der Waals surface area contributed by atoms with E-state index in [0.29, 0.717) is 0 Å². The van der Waals surface area contributed by atoms with Crippen LogP contribution < -0.4 is 11.1 Å². The van der Waals surface area contributed by atoms with Gasteiger partial charge < -0.3 is 0 Å². The molecule has 6 nitrogen and oxygen atoms in total. The fourth-order valence-corrected chi connectivity index (χ4v) is 2.13. The summed E-state index contributed by atoms with van der Waals surface area (Å²) in [5.74, 6) is 0.0853. The third kappa shape index (κ3) is 2.42. The van der Waals surface area contributed by atoms with E-state index >= 15 is 0 Å². The molecule has 1 aromatic carbocycles.